The Labute approximate surface area is 163 Å². The second kappa shape index (κ2) is 7.89. The number of aromatic nitrogens is 2. The summed E-state index contributed by atoms with van der Waals surface area (Å²) in [7, 11) is -3.44. The third-order valence-electron chi connectivity index (χ3n) is 3.28. The van der Waals surface area contributed by atoms with Crippen LogP contribution in [0.4, 0.5) is 5.69 Å². The van der Waals surface area contributed by atoms with Crippen molar-refractivity contribution in [2.45, 2.75) is 6.61 Å². The van der Waals surface area contributed by atoms with Crippen LogP contribution in [0.15, 0.2) is 57.5 Å². The van der Waals surface area contributed by atoms with Gasteiger partial charge in [-0.3, -0.25) is 4.72 Å². The zero-order valence-corrected chi connectivity index (χ0v) is 16.5. The summed E-state index contributed by atoms with van der Waals surface area (Å²) in [5, 5.41) is 3.86. The Bertz CT molecular complexity index is 1080. The van der Waals surface area contributed by atoms with Crippen molar-refractivity contribution >= 4 is 37.6 Å². The molecule has 3 aromatic rings. The summed E-state index contributed by atoms with van der Waals surface area (Å²) in [5.74, 6) is -0.125. The van der Waals surface area contributed by atoms with E-state index in [4.69, 9.17) is 9.26 Å². The van der Waals surface area contributed by atoms with Crippen molar-refractivity contribution in [2.75, 3.05) is 11.0 Å². The molecule has 0 atom stereocenters. The van der Waals surface area contributed by atoms with E-state index in [9.17, 15) is 13.2 Å². The van der Waals surface area contributed by atoms with Gasteiger partial charge in [0.1, 0.15) is 0 Å². The van der Waals surface area contributed by atoms with E-state index in [-0.39, 0.29) is 23.7 Å². The monoisotopic (exact) mass is 451 g/mol. The van der Waals surface area contributed by atoms with Crippen molar-refractivity contribution in [2.24, 2.45) is 0 Å². The number of hydrogen-bond donors (Lipinski definition) is 1. The molecule has 27 heavy (non-hydrogen) atoms. The number of nitrogens with one attached hydrogen (secondary N) is 1. The molecule has 10 heteroatoms. The zero-order chi connectivity index (χ0) is 19.4. The van der Waals surface area contributed by atoms with Crippen molar-refractivity contribution in [1.82, 2.24) is 10.1 Å². The standard InChI is InChI=1S/C17H14BrN3O5S/c1-27(23,24)21-14-7-3-5-12(9-14)17(22)25-10-15-19-16(20-26-15)11-4-2-6-13(18)8-11/h2-9,21H,10H2,1H3. The van der Waals surface area contributed by atoms with Crippen molar-refractivity contribution in [3.63, 3.8) is 0 Å². The quantitative estimate of drug-likeness (QED) is 0.572. The molecular formula is C17H14BrN3O5S. The number of halogens is 1. The van der Waals surface area contributed by atoms with Crippen LogP contribution in [0.5, 0.6) is 0 Å². The van der Waals surface area contributed by atoms with Crippen molar-refractivity contribution in [3.05, 3.63) is 64.5 Å². The number of benzene rings is 2. The molecule has 140 valence electrons. The minimum absolute atomic E-state index is 0.142. The number of esters is 1. The summed E-state index contributed by atoms with van der Waals surface area (Å²) in [6.45, 7) is -0.205. The van der Waals surface area contributed by atoms with Gasteiger partial charge in [-0.15, -0.1) is 0 Å². The van der Waals surface area contributed by atoms with Gasteiger partial charge in [-0.25, -0.2) is 13.2 Å². The first-order valence-electron chi connectivity index (χ1n) is 7.64. The second-order valence-corrected chi connectivity index (χ2v) is 8.22. The Morgan fingerprint density at radius 1 is 1.22 bits per heavy atom. The van der Waals surface area contributed by atoms with Crippen LogP contribution in [0.1, 0.15) is 16.2 Å². The molecule has 0 spiro atoms. The van der Waals surface area contributed by atoms with E-state index in [2.05, 4.69) is 30.8 Å². The minimum Gasteiger partial charge on any atom is -0.452 e. The molecule has 0 fully saturated rings. The number of carbonyl (C=O) groups is 1. The van der Waals surface area contributed by atoms with E-state index < -0.39 is 16.0 Å². The summed E-state index contributed by atoms with van der Waals surface area (Å²) in [5.41, 5.74) is 1.21. The molecule has 0 radical (unpaired) electrons. The Morgan fingerprint density at radius 3 is 2.74 bits per heavy atom. The molecule has 0 amide bonds. The number of ether oxygens (including phenoxy) is 1. The normalized spacial score (nSPS) is 11.2. The Balaban J connectivity index is 1.65. The highest BCUT2D eigenvalue weighted by Crippen LogP contribution is 2.20. The molecule has 3 rings (SSSR count). The highest BCUT2D eigenvalue weighted by atomic mass is 79.9. The lowest BCUT2D eigenvalue weighted by Gasteiger charge is -2.06. The average Bonchev–Trinajstić information content (AvgIpc) is 3.07. The molecule has 0 saturated heterocycles. The van der Waals surface area contributed by atoms with Gasteiger partial charge in [-0.1, -0.05) is 39.3 Å². The molecule has 0 aliphatic heterocycles. The van der Waals surface area contributed by atoms with Crippen molar-refractivity contribution < 1.29 is 22.5 Å². The van der Waals surface area contributed by atoms with Crippen LogP contribution in [0.2, 0.25) is 0 Å². The lowest BCUT2D eigenvalue weighted by Crippen LogP contribution is -2.11. The predicted molar refractivity (Wildman–Crippen MR) is 101 cm³/mol. The first-order valence-corrected chi connectivity index (χ1v) is 10.3. The molecule has 0 aliphatic rings. The first-order chi connectivity index (χ1) is 12.8. The molecule has 8 nitrogen and oxygen atoms in total. The molecule has 0 aliphatic carbocycles. The number of nitrogens with zero attached hydrogens (tertiary/aromatic N) is 2. The van der Waals surface area contributed by atoms with Gasteiger partial charge in [-0.05, 0) is 30.3 Å². The van der Waals surface area contributed by atoms with Gasteiger partial charge in [0.05, 0.1) is 11.8 Å². The van der Waals surface area contributed by atoms with Crippen LogP contribution in [0, 0.1) is 0 Å². The van der Waals surface area contributed by atoms with E-state index in [1.165, 1.54) is 18.2 Å². The summed E-state index contributed by atoms with van der Waals surface area (Å²) >= 11 is 3.37. The maximum absolute atomic E-state index is 12.2. The van der Waals surface area contributed by atoms with Crippen molar-refractivity contribution in [3.8, 4) is 11.4 Å². The molecule has 1 N–H and O–H groups in total. The summed E-state index contributed by atoms with van der Waals surface area (Å²) in [6, 6.07) is 13.3. The SMILES string of the molecule is CS(=O)(=O)Nc1cccc(C(=O)OCc2nc(-c3cccc(Br)c3)no2)c1. The van der Waals surface area contributed by atoms with Gasteiger partial charge >= 0.3 is 5.97 Å². The molecule has 1 aromatic heterocycles. The van der Waals surface area contributed by atoms with Gasteiger partial charge in [0.25, 0.3) is 5.89 Å². The fraction of sp³-hybridized carbons (Fsp3) is 0.118. The number of hydrogen-bond acceptors (Lipinski definition) is 7. The van der Waals surface area contributed by atoms with E-state index in [0.29, 0.717) is 5.82 Å². The third-order valence-corrected chi connectivity index (χ3v) is 4.38. The van der Waals surface area contributed by atoms with Crippen LogP contribution >= 0.6 is 15.9 Å². The highest BCUT2D eigenvalue weighted by molar-refractivity contribution is 9.10. The Hall–Kier alpha value is -2.72. The Morgan fingerprint density at radius 2 is 2.00 bits per heavy atom. The lowest BCUT2D eigenvalue weighted by molar-refractivity contribution is 0.0430. The first kappa shape index (κ1) is 19.1. The molecule has 0 unspecified atom stereocenters. The Kier molecular flexibility index (Phi) is 5.57. The number of anilines is 1. The summed E-state index contributed by atoms with van der Waals surface area (Å²) < 4.78 is 36.0. The van der Waals surface area contributed by atoms with E-state index >= 15 is 0 Å². The van der Waals surface area contributed by atoms with Gasteiger partial charge in [0, 0.05) is 15.7 Å². The topological polar surface area (TPSA) is 111 Å². The predicted octanol–water partition coefficient (Wildman–Crippen LogP) is 3.23. The van der Waals surface area contributed by atoms with Crippen LogP contribution in [0.3, 0.4) is 0 Å². The van der Waals surface area contributed by atoms with Gasteiger partial charge in [0.15, 0.2) is 6.61 Å². The zero-order valence-electron chi connectivity index (χ0n) is 14.0. The van der Waals surface area contributed by atoms with Crippen LogP contribution in [0.25, 0.3) is 11.4 Å². The van der Waals surface area contributed by atoms with Crippen LogP contribution < -0.4 is 4.72 Å². The summed E-state index contributed by atoms with van der Waals surface area (Å²) in [4.78, 5) is 16.3. The average molecular weight is 452 g/mol. The maximum Gasteiger partial charge on any atom is 0.338 e. The highest BCUT2D eigenvalue weighted by Gasteiger charge is 2.13. The van der Waals surface area contributed by atoms with E-state index in [1.54, 1.807) is 6.07 Å². The minimum atomic E-state index is -3.44. The van der Waals surface area contributed by atoms with Gasteiger partial charge in [-0.2, -0.15) is 4.98 Å². The van der Waals surface area contributed by atoms with Crippen LogP contribution in [-0.4, -0.2) is 30.8 Å². The van der Waals surface area contributed by atoms with Crippen molar-refractivity contribution in [1.29, 1.82) is 0 Å². The second-order valence-electron chi connectivity index (χ2n) is 5.55. The van der Waals surface area contributed by atoms with Gasteiger partial charge in [0.2, 0.25) is 15.8 Å². The molecule has 1 heterocycles. The maximum atomic E-state index is 12.2. The smallest absolute Gasteiger partial charge is 0.338 e. The van der Waals surface area contributed by atoms with Gasteiger partial charge < -0.3 is 9.26 Å². The summed E-state index contributed by atoms with van der Waals surface area (Å²) in [6.07, 6.45) is 1.02. The fourth-order valence-corrected chi connectivity index (χ4v) is 3.15. The molecular weight excluding hydrogens is 438 g/mol. The number of rotatable bonds is 6. The molecule has 0 saturated carbocycles. The largest absolute Gasteiger partial charge is 0.452 e. The lowest BCUT2D eigenvalue weighted by atomic mass is 10.2. The van der Waals surface area contributed by atoms with E-state index in [0.717, 1.165) is 16.3 Å². The molecule has 0 bridgehead atoms. The van der Waals surface area contributed by atoms with Crippen LogP contribution in [-0.2, 0) is 21.4 Å². The fourth-order valence-electron chi connectivity index (χ4n) is 2.19. The number of carbonyl (C=O) groups excluding carboxylic acids is 1. The van der Waals surface area contributed by atoms with E-state index in [1.807, 2.05) is 24.3 Å². The number of sulfonamides is 1. The molecule has 2 aromatic carbocycles. The third kappa shape index (κ3) is 5.38.